The second-order valence-electron chi connectivity index (χ2n) is 9.39. The number of morpholine rings is 1. The smallest absolute Gasteiger partial charge is 0.255 e. The Morgan fingerprint density at radius 1 is 1.34 bits per heavy atom. The number of likely N-dealkylation sites (N-methyl/N-ethyl adjacent to an activating group) is 1. The molecular formula is C27H31ClFN5O4. The molecule has 5 rings (SSSR count). The van der Waals surface area contributed by atoms with E-state index in [9.17, 15) is 9.18 Å². The highest BCUT2D eigenvalue weighted by molar-refractivity contribution is 6.32. The number of fused-ring (bicyclic) bond motifs is 1. The van der Waals surface area contributed by atoms with Gasteiger partial charge in [-0.15, -0.1) is 0 Å². The van der Waals surface area contributed by atoms with Crippen molar-refractivity contribution >= 4 is 28.9 Å². The lowest BCUT2D eigenvalue weighted by molar-refractivity contribution is -0.0107. The highest BCUT2D eigenvalue weighted by atomic mass is 35.5. The summed E-state index contributed by atoms with van der Waals surface area (Å²) in [4.78, 5) is 23.1. The molecule has 1 unspecified atom stereocenters. The van der Waals surface area contributed by atoms with Gasteiger partial charge in [-0.05, 0) is 31.7 Å². The lowest BCUT2D eigenvalue weighted by atomic mass is 9.94. The van der Waals surface area contributed by atoms with Crippen LogP contribution in [0.1, 0.15) is 28.4 Å². The Labute approximate surface area is 225 Å². The molecule has 2 aromatic heterocycles. The van der Waals surface area contributed by atoms with E-state index in [4.69, 9.17) is 25.8 Å². The summed E-state index contributed by atoms with van der Waals surface area (Å²) < 4.78 is 30.9. The van der Waals surface area contributed by atoms with Crippen molar-refractivity contribution in [2.24, 2.45) is 0 Å². The number of benzene rings is 1. The van der Waals surface area contributed by atoms with Gasteiger partial charge in [0.1, 0.15) is 12.4 Å². The average molecular weight is 544 g/mol. The fourth-order valence-electron chi connectivity index (χ4n) is 4.92. The van der Waals surface area contributed by atoms with E-state index >= 15 is 0 Å². The molecule has 0 aliphatic carbocycles. The molecule has 1 fully saturated rings. The molecule has 11 heteroatoms. The standard InChI is InChI=1S/C27H31ClFN5O4/c1-34-10-11-37-14-17(34)15-38-21-13-30-9-7-18(21)24-25(32-20-5-3-4-19(28)26(20)36-2)22-23(33-24)16(6-8-29)12-31-27(22)35/h3-5,7,9,13,16-17,32-33H,6,8,10-12,14-15H2,1-2H3,(H,31,35)/t16?,17-/m0/s1. The molecule has 3 N–H and O–H groups in total. The summed E-state index contributed by atoms with van der Waals surface area (Å²) in [5.74, 6) is 0.535. The number of methoxy groups -OCH3 is 1. The monoisotopic (exact) mass is 543 g/mol. The van der Waals surface area contributed by atoms with Crippen molar-refractivity contribution in [3.8, 4) is 22.8 Å². The van der Waals surface area contributed by atoms with Gasteiger partial charge in [0.05, 0.1) is 66.9 Å². The summed E-state index contributed by atoms with van der Waals surface area (Å²) in [6.07, 6.45) is 3.60. The van der Waals surface area contributed by atoms with Crippen LogP contribution in [0.5, 0.6) is 11.5 Å². The first kappa shape index (κ1) is 26.3. The minimum atomic E-state index is -0.500. The number of alkyl halides is 1. The van der Waals surface area contributed by atoms with Crippen molar-refractivity contribution in [2.45, 2.75) is 18.4 Å². The molecule has 38 heavy (non-hydrogen) atoms. The third-order valence-electron chi connectivity index (χ3n) is 7.07. The maximum atomic E-state index is 13.4. The molecule has 1 saturated heterocycles. The van der Waals surface area contributed by atoms with E-state index < -0.39 is 6.67 Å². The molecule has 4 heterocycles. The number of H-pyrrole nitrogens is 1. The van der Waals surface area contributed by atoms with Crippen molar-refractivity contribution in [2.75, 3.05) is 59.1 Å². The van der Waals surface area contributed by atoms with Gasteiger partial charge in [0.25, 0.3) is 5.91 Å². The number of para-hydroxylation sites is 1. The number of carbonyl (C=O) groups excluding carboxylic acids is 1. The molecule has 2 aliphatic rings. The quantitative estimate of drug-likeness (QED) is 0.368. The number of amides is 1. The highest BCUT2D eigenvalue weighted by Gasteiger charge is 2.34. The molecule has 2 aliphatic heterocycles. The number of hydrogen-bond donors (Lipinski definition) is 3. The summed E-state index contributed by atoms with van der Waals surface area (Å²) in [5, 5.41) is 6.70. The third-order valence-corrected chi connectivity index (χ3v) is 7.37. The first-order valence-corrected chi connectivity index (χ1v) is 12.9. The number of pyridine rings is 1. The fraction of sp³-hybridized carbons (Fsp3) is 0.407. The Balaban J connectivity index is 1.59. The third kappa shape index (κ3) is 5.16. The number of carbonyl (C=O) groups is 1. The topological polar surface area (TPSA) is 101 Å². The number of rotatable bonds is 9. The number of aromatic amines is 1. The van der Waals surface area contributed by atoms with Crippen LogP contribution in [0.3, 0.4) is 0 Å². The van der Waals surface area contributed by atoms with Crippen LogP contribution in [0.15, 0.2) is 36.7 Å². The van der Waals surface area contributed by atoms with Gasteiger partial charge in [-0.1, -0.05) is 17.7 Å². The second-order valence-corrected chi connectivity index (χ2v) is 9.79. The number of anilines is 2. The Morgan fingerprint density at radius 3 is 3.00 bits per heavy atom. The van der Waals surface area contributed by atoms with Crippen LogP contribution in [-0.2, 0) is 4.74 Å². The second kappa shape index (κ2) is 11.6. The van der Waals surface area contributed by atoms with Crippen LogP contribution in [0.25, 0.3) is 11.3 Å². The van der Waals surface area contributed by atoms with E-state index in [1.54, 1.807) is 24.5 Å². The minimum absolute atomic E-state index is 0.0988. The van der Waals surface area contributed by atoms with E-state index in [1.807, 2.05) is 19.2 Å². The van der Waals surface area contributed by atoms with Crippen molar-refractivity contribution in [1.29, 1.82) is 0 Å². The summed E-state index contributed by atoms with van der Waals surface area (Å²) >= 11 is 6.38. The Bertz CT molecular complexity index is 1300. The predicted molar refractivity (Wildman–Crippen MR) is 144 cm³/mol. The number of nitrogens with zero attached hydrogens (tertiary/aromatic N) is 2. The maximum Gasteiger partial charge on any atom is 0.255 e. The van der Waals surface area contributed by atoms with Gasteiger partial charge in [0.15, 0.2) is 5.75 Å². The Kier molecular flexibility index (Phi) is 8.01. The van der Waals surface area contributed by atoms with Gasteiger partial charge >= 0.3 is 0 Å². The van der Waals surface area contributed by atoms with E-state index in [0.717, 1.165) is 6.54 Å². The predicted octanol–water partition coefficient (Wildman–Crippen LogP) is 4.38. The molecule has 9 nitrogen and oxygen atoms in total. The van der Waals surface area contributed by atoms with Gasteiger partial charge in [-0.25, -0.2) is 0 Å². The van der Waals surface area contributed by atoms with Crippen LogP contribution in [-0.4, -0.2) is 80.6 Å². The number of hydrogen-bond acceptors (Lipinski definition) is 7. The van der Waals surface area contributed by atoms with Gasteiger partial charge in [0, 0.05) is 36.5 Å². The highest BCUT2D eigenvalue weighted by Crippen LogP contribution is 2.44. The maximum absolute atomic E-state index is 13.4. The SMILES string of the molecule is COc1c(Cl)cccc1Nc1c(-c2ccncc2OC[C@@H]2COCCN2C)[nH]c2c1C(=O)NCC2CCF. The zero-order chi connectivity index (χ0) is 26.6. The van der Waals surface area contributed by atoms with Gasteiger partial charge in [-0.3, -0.25) is 19.1 Å². The zero-order valence-corrected chi connectivity index (χ0v) is 22.1. The summed E-state index contributed by atoms with van der Waals surface area (Å²) in [5.41, 5.74) is 3.55. The van der Waals surface area contributed by atoms with Gasteiger partial charge in [0.2, 0.25) is 0 Å². The molecular weight excluding hydrogens is 513 g/mol. The lowest BCUT2D eigenvalue weighted by Crippen LogP contribution is -2.46. The van der Waals surface area contributed by atoms with Gasteiger partial charge < -0.3 is 29.8 Å². The summed E-state index contributed by atoms with van der Waals surface area (Å²) in [6.45, 7) is 2.37. The summed E-state index contributed by atoms with van der Waals surface area (Å²) in [7, 11) is 3.58. The molecule has 0 spiro atoms. The van der Waals surface area contributed by atoms with Crippen molar-refractivity contribution in [3.05, 3.63) is 52.9 Å². The van der Waals surface area contributed by atoms with Crippen LogP contribution >= 0.6 is 11.6 Å². The van der Waals surface area contributed by atoms with Crippen LogP contribution < -0.4 is 20.1 Å². The van der Waals surface area contributed by atoms with Gasteiger partial charge in [-0.2, -0.15) is 0 Å². The van der Waals surface area contributed by atoms with E-state index in [-0.39, 0.29) is 24.3 Å². The van der Waals surface area contributed by atoms with Crippen LogP contribution in [0.4, 0.5) is 15.8 Å². The molecule has 0 saturated carbocycles. The number of aromatic nitrogens is 2. The lowest BCUT2D eigenvalue weighted by Gasteiger charge is -2.32. The Hall–Kier alpha value is -3.34. The van der Waals surface area contributed by atoms with E-state index in [2.05, 4.69) is 25.5 Å². The number of ether oxygens (including phenoxy) is 3. The molecule has 1 amide bonds. The van der Waals surface area contributed by atoms with Crippen LogP contribution in [0, 0.1) is 0 Å². The molecule has 1 aromatic carbocycles. The average Bonchev–Trinajstić information content (AvgIpc) is 3.30. The summed E-state index contributed by atoms with van der Waals surface area (Å²) in [6, 6.07) is 7.26. The van der Waals surface area contributed by atoms with E-state index in [0.29, 0.717) is 76.8 Å². The molecule has 0 radical (unpaired) electrons. The minimum Gasteiger partial charge on any atom is -0.493 e. The largest absolute Gasteiger partial charge is 0.493 e. The first-order chi connectivity index (χ1) is 18.5. The molecule has 0 bridgehead atoms. The number of halogens is 2. The van der Waals surface area contributed by atoms with Crippen molar-refractivity contribution < 1.29 is 23.4 Å². The van der Waals surface area contributed by atoms with Crippen molar-refractivity contribution in [1.82, 2.24) is 20.2 Å². The molecule has 202 valence electrons. The normalized spacial score (nSPS) is 19.5. The molecule has 2 atom stereocenters. The van der Waals surface area contributed by atoms with Crippen LogP contribution in [0.2, 0.25) is 5.02 Å². The first-order valence-electron chi connectivity index (χ1n) is 12.6. The Morgan fingerprint density at radius 2 is 2.21 bits per heavy atom. The van der Waals surface area contributed by atoms with E-state index in [1.165, 1.54) is 7.11 Å². The van der Waals surface area contributed by atoms with Crippen molar-refractivity contribution in [3.63, 3.8) is 0 Å². The molecule has 3 aromatic rings. The zero-order valence-electron chi connectivity index (χ0n) is 21.4. The number of nitrogens with one attached hydrogen (secondary N) is 3. The fourth-order valence-corrected chi connectivity index (χ4v) is 5.17.